The molecule has 1 N–H and O–H groups in total. The molecule has 0 aromatic heterocycles. The Morgan fingerprint density at radius 3 is 2.62 bits per heavy atom. The van der Waals surface area contributed by atoms with E-state index < -0.39 is 0 Å². The number of nitrogens with one attached hydrogen (secondary N) is 1. The second kappa shape index (κ2) is 4.61. The molecule has 16 heavy (non-hydrogen) atoms. The van der Waals surface area contributed by atoms with Crippen molar-refractivity contribution in [1.29, 1.82) is 0 Å². The molecule has 0 aromatic carbocycles. The zero-order chi connectivity index (χ0) is 11.0. The molecular weight excluding hydrogens is 204 g/mol. The molecule has 4 nitrogen and oxygen atoms in total. The van der Waals surface area contributed by atoms with Crippen molar-refractivity contribution >= 4 is 0 Å². The standard InChI is InChI=1S/C12H22N2O2/c1-9(12-6-13-4-5-15-12)14-7-10-2-3-11(8-14)16-10/h9-13H,2-8H2,1H3. The topological polar surface area (TPSA) is 33.7 Å². The van der Waals surface area contributed by atoms with E-state index in [2.05, 4.69) is 17.1 Å². The third-order valence-electron chi connectivity index (χ3n) is 4.14. The summed E-state index contributed by atoms with van der Waals surface area (Å²) in [5, 5.41) is 3.41. The molecule has 4 atom stereocenters. The van der Waals surface area contributed by atoms with Gasteiger partial charge in [0.15, 0.2) is 0 Å². The summed E-state index contributed by atoms with van der Waals surface area (Å²) >= 11 is 0. The minimum Gasteiger partial charge on any atom is -0.374 e. The van der Waals surface area contributed by atoms with Crippen molar-refractivity contribution in [3.05, 3.63) is 0 Å². The van der Waals surface area contributed by atoms with Crippen LogP contribution in [0.4, 0.5) is 0 Å². The fourth-order valence-electron chi connectivity index (χ4n) is 3.11. The summed E-state index contributed by atoms with van der Waals surface area (Å²) in [5.41, 5.74) is 0. The molecule has 4 heteroatoms. The summed E-state index contributed by atoms with van der Waals surface area (Å²) in [6.07, 6.45) is 3.82. The molecule has 3 aliphatic rings. The van der Waals surface area contributed by atoms with Crippen molar-refractivity contribution < 1.29 is 9.47 Å². The van der Waals surface area contributed by atoms with E-state index in [4.69, 9.17) is 9.47 Å². The van der Waals surface area contributed by atoms with Gasteiger partial charge in [-0.25, -0.2) is 0 Å². The fraction of sp³-hybridized carbons (Fsp3) is 1.00. The Labute approximate surface area is 97.3 Å². The summed E-state index contributed by atoms with van der Waals surface area (Å²) < 4.78 is 11.7. The maximum atomic E-state index is 5.87. The quantitative estimate of drug-likeness (QED) is 0.730. The van der Waals surface area contributed by atoms with Crippen molar-refractivity contribution in [2.75, 3.05) is 32.8 Å². The summed E-state index contributed by atoms with van der Waals surface area (Å²) in [6.45, 7) is 7.33. The van der Waals surface area contributed by atoms with Gasteiger partial charge in [0.05, 0.1) is 24.9 Å². The van der Waals surface area contributed by atoms with E-state index in [-0.39, 0.29) is 0 Å². The lowest BCUT2D eigenvalue weighted by Crippen LogP contribution is -2.55. The number of nitrogens with zero attached hydrogens (tertiary/aromatic N) is 1. The van der Waals surface area contributed by atoms with Gasteiger partial charge in [0.2, 0.25) is 0 Å². The molecule has 3 saturated heterocycles. The van der Waals surface area contributed by atoms with Crippen LogP contribution in [0.25, 0.3) is 0 Å². The van der Waals surface area contributed by atoms with Crippen LogP contribution in [0.5, 0.6) is 0 Å². The first kappa shape index (κ1) is 11.0. The first-order valence-electron chi connectivity index (χ1n) is 6.55. The van der Waals surface area contributed by atoms with E-state index in [0.29, 0.717) is 24.4 Å². The van der Waals surface area contributed by atoms with Gasteiger partial charge in [0.1, 0.15) is 0 Å². The molecule has 0 spiro atoms. The third-order valence-corrected chi connectivity index (χ3v) is 4.14. The number of morpholine rings is 2. The van der Waals surface area contributed by atoms with Crippen LogP contribution in [0.1, 0.15) is 19.8 Å². The van der Waals surface area contributed by atoms with Gasteiger partial charge in [-0.05, 0) is 19.8 Å². The normalized spacial score (nSPS) is 42.2. The van der Waals surface area contributed by atoms with Gasteiger partial charge in [0.25, 0.3) is 0 Å². The Morgan fingerprint density at radius 1 is 1.25 bits per heavy atom. The molecule has 0 amide bonds. The van der Waals surface area contributed by atoms with Crippen LogP contribution in [-0.2, 0) is 9.47 Å². The first-order valence-corrected chi connectivity index (χ1v) is 6.55. The number of ether oxygens (including phenoxy) is 2. The van der Waals surface area contributed by atoms with Gasteiger partial charge in [-0.15, -0.1) is 0 Å². The summed E-state index contributed by atoms with van der Waals surface area (Å²) in [5.74, 6) is 0. The van der Waals surface area contributed by atoms with Gasteiger partial charge < -0.3 is 14.8 Å². The van der Waals surface area contributed by atoms with Crippen molar-refractivity contribution in [3.63, 3.8) is 0 Å². The predicted molar refractivity (Wildman–Crippen MR) is 61.5 cm³/mol. The summed E-state index contributed by atoms with van der Waals surface area (Å²) in [7, 11) is 0. The highest BCUT2D eigenvalue weighted by Gasteiger charge is 2.37. The molecule has 0 aliphatic carbocycles. The Balaban J connectivity index is 1.59. The van der Waals surface area contributed by atoms with E-state index in [1.165, 1.54) is 12.8 Å². The predicted octanol–water partition coefficient (Wildman–Crippen LogP) is 0.227. The number of likely N-dealkylation sites (tertiary alicyclic amines) is 1. The van der Waals surface area contributed by atoms with Crippen LogP contribution in [0.3, 0.4) is 0 Å². The maximum Gasteiger partial charge on any atom is 0.0852 e. The molecule has 3 aliphatic heterocycles. The van der Waals surface area contributed by atoms with Crippen LogP contribution >= 0.6 is 0 Å². The lowest BCUT2D eigenvalue weighted by atomic mass is 10.1. The van der Waals surface area contributed by atoms with Gasteiger partial charge in [-0.1, -0.05) is 0 Å². The average molecular weight is 226 g/mol. The van der Waals surface area contributed by atoms with E-state index >= 15 is 0 Å². The zero-order valence-electron chi connectivity index (χ0n) is 10.0. The molecule has 4 unspecified atom stereocenters. The minimum absolute atomic E-state index is 0.353. The fourth-order valence-corrected chi connectivity index (χ4v) is 3.11. The van der Waals surface area contributed by atoms with Gasteiger partial charge in [-0.2, -0.15) is 0 Å². The molecule has 3 heterocycles. The SMILES string of the molecule is CC(C1CNCCO1)N1CC2CCC(C1)O2. The Bertz CT molecular complexity index is 231. The molecule has 92 valence electrons. The van der Waals surface area contributed by atoms with Gasteiger partial charge in [-0.3, -0.25) is 4.90 Å². The molecule has 0 aromatic rings. The zero-order valence-corrected chi connectivity index (χ0v) is 10.0. The molecule has 3 fully saturated rings. The van der Waals surface area contributed by atoms with Crippen molar-refractivity contribution in [1.82, 2.24) is 10.2 Å². The number of hydrogen-bond acceptors (Lipinski definition) is 4. The van der Waals surface area contributed by atoms with Gasteiger partial charge in [0, 0.05) is 32.2 Å². The van der Waals surface area contributed by atoms with E-state index in [1.54, 1.807) is 0 Å². The van der Waals surface area contributed by atoms with Crippen molar-refractivity contribution in [2.45, 2.75) is 44.1 Å². The highest BCUT2D eigenvalue weighted by molar-refractivity contribution is 4.90. The van der Waals surface area contributed by atoms with Crippen LogP contribution in [-0.4, -0.2) is 62.0 Å². The van der Waals surface area contributed by atoms with Crippen LogP contribution in [0.2, 0.25) is 0 Å². The second-order valence-corrected chi connectivity index (χ2v) is 5.27. The molecule has 0 saturated carbocycles. The summed E-state index contributed by atoms with van der Waals surface area (Å²) in [6, 6.07) is 0.514. The highest BCUT2D eigenvalue weighted by atomic mass is 16.5. The van der Waals surface area contributed by atoms with Crippen LogP contribution in [0, 0.1) is 0 Å². The molecule has 3 rings (SSSR count). The molecular formula is C12H22N2O2. The second-order valence-electron chi connectivity index (χ2n) is 5.27. The van der Waals surface area contributed by atoms with Crippen molar-refractivity contribution in [3.8, 4) is 0 Å². The van der Waals surface area contributed by atoms with Crippen LogP contribution in [0.15, 0.2) is 0 Å². The molecule has 2 bridgehead atoms. The summed E-state index contributed by atoms with van der Waals surface area (Å²) in [4.78, 5) is 2.56. The number of hydrogen-bond donors (Lipinski definition) is 1. The van der Waals surface area contributed by atoms with Gasteiger partial charge >= 0.3 is 0 Å². The third kappa shape index (κ3) is 2.12. The monoisotopic (exact) mass is 226 g/mol. The van der Waals surface area contributed by atoms with Crippen molar-refractivity contribution in [2.24, 2.45) is 0 Å². The minimum atomic E-state index is 0.353. The Hall–Kier alpha value is -0.160. The van der Waals surface area contributed by atoms with E-state index in [0.717, 1.165) is 32.8 Å². The first-order chi connectivity index (χ1) is 7.83. The molecule has 0 radical (unpaired) electrons. The smallest absolute Gasteiger partial charge is 0.0852 e. The van der Waals surface area contributed by atoms with Crippen LogP contribution < -0.4 is 5.32 Å². The Kier molecular flexibility index (Phi) is 3.16. The lowest BCUT2D eigenvalue weighted by Gasteiger charge is -2.40. The van der Waals surface area contributed by atoms with E-state index in [1.807, 2.05) is 0 Å². The number of rotatable bonds is 2. The van der Waals surface area contributed by atoms with E-state index in [9.17, 15) is 0 Å². The maximum absolute atomic E-state index is 5.87. The lowest BCUT2D eigenvalue weighted by molar-refractivity contribution is -0.0866. The average Bonchev–Trinajstić information content (AvgIpc) is 2.68. The highest BCUT2D eigenvalue weighted by Crippen LogP contribution is 2.28. The largest absolute Gasteiger partial charge is 0.374 e. The number of fused-ring (bicyclic) bond motifs is 2. The Morgan fingerprint density at radius 2 is 2.00 bits per heavy atom.